The summed E-state index contributed by atoms with van der Waals surface area (Å²) in [7, 11) is -0.984. The van der Waals surface area contributed by atoms with Crippen LogP contribution in [0.5, 0.6) is 0 Å². The minimum absolute atomic E-state index is 0.946. The predicted octanol–water partition coefficient (Wildman–Crippen LogP) is 4.03. The highest BCUT2D eigenvalue weighted by Crippen LogP contribution is 2.41. The van der Waals surface area contributed by atoms with Gasteiger partial charge in [0.1, 0.15) is 0 Å². The third-order valence-corrected chi connectivity index (χ3v) is 4.44. The lowest BCUT2D eigenvalue weighted by molar-refractivity contribution is 0.602. The van der Waals surface area contributed by atoms with Gasteiger partial charge in [-0.2, -0.15) is 0 Å². The van der Waals surface area contributed by atoms with Crippen molar-refractivity contribution in [3.63, 3.8) is 0 Å². The van der Waals surface area contributed by atoms with Crippen molar-refractivity contribution in [2.24, 2.45) is 0 Å². The van der Waals surface area contributed by atoms with Crippen LogP contribution in [-0.2, 0) is 0 Å². The number of benzene rings is 2. The Labute approximate surface area is 90.8 Å². The highest BCUT2D eigenvalue weighted by molar-refractivity contribution is 7.37. The fourth-order valence-electron chi connectivity index (χ4n) is 2.07. The van der Waals surface area contributed by atoms with Gasteiger partial charge in [0.05, 0.1) is 0 Å². The highest BCUT2D eigenvalue weighted by atomic mass is 32.2. The molecular weight excluding hydrogens is 204 g/mol. The molecule has 1 nitrogen and oxygen atoms in total. The zero-order valence-corrected chi connectivity index (χ0v) is 9.17. The fraction of sp³-hybridized carbons (Fsp3) is 0.0769. The summed E-state index contributed by atoms with van der Waals surface area (Å²) >= 11 is 0. The lowest BCUT2D eigenvalue weighted by Crippen LogP contribution is -1.71. The zero-order chi connectivity index (χ0) is 10.4. The molecule has 0 saturated carbocycles. The summed E-state index contributed by atoms with van der Waals surface area (Å²) < 4.78 is 14.2. The van der Waals surface area contributed by atoms with Crippen molar-refractivity contribution >= 4 is 30.9 Å². The number of hydrogen-bond acceptors (Lipinski definition) is 1. The first-order chi connectivity index (χ1) is 7.29. The van der Waals surface area contributed by atoms with E-state index in [0.717, 1.165) is 25.7 Å². The molecule has 15 heavy (non-hydrogen) atoms. The summed E-state index contributed by atoms with van der Waals surface area (Å²) in [6.07, 6.45) is 0. The van der Waals surface area contributed by atoms with Crippen molar-refractivity contribution in [1.29, 1.82) is 0 Å². The fourth-order valence-corrected chi connectivity index (χ4v) is 3.61. The highest BCUT2D eigenvalue weighted by Gasteiger charge is 2.15. The van der Waals surface area contributed by atoms with E-state index in [1.807, 2.05) is 49.4 Å². The van der Waals surface area contributed by atoms with Gasteiger partial charge < -0.3 is 4.55 Å². The first-order valence-corrected chi connectivity index (χ1v) is 6.05. The Balaban J connectivity index is 2.69. The molecule has 3 rings (SSSR count). The van der Waals surface area contributed by atoms with Crippen molar-refractivity contribution < 1.29 is 4.55 Å². The molecule has 3 aromatic rings. The average molecular weight is 214 g/mol. The van der Waals surface area contributed by atoms with Crippen molar-refractivity contribution in [1.82, 2.24) is 0 Å². The van der Waals surface area contributed by atoms with E-state index >= 15 is 0 Å². The molecule has 0 spiro atoms. The maximum absolute atomic E-state index is 12.2. The summed E-state index contributed by atoms with van der Waals surface area (Å²) in [5, 5.41) is 2.25. The van der Waals surface area contributed by atoms with Crippen molar-refractivity contribution in [2.75, 3.05) is 0 Å². The van der Waals surface area contributed by atoms with Crippen molar-refractivity contribution in [3.8, 4) is 0 Å². The van der Waals surface area contributed by atoms with Crippen LogP contribution in [0, 0.1) is 6.92 Å². The van der Waals surface area contributed by atoms with Gasteiger partial charge in [0.15, 0.2) is 9.40 Å². The van der Waals surface area contributed by atoms with Crippen LogP contribution in [0.4, 0.5) is 0 Å². The van der Waals surface area contributed by atoms with Crippen LogP contribution in [0.2, 0.25) is 0 Å². The number of hydrogen-bond donors (Lipinski definition) is 0. The molecule has 2 heteroatoms. The quantitative estimate of drug-likeness (QED) is 0.518. The van der Waals surface area contributed by atoms with Crippen molar-refractivity contribution in [2.45, 2.75) is 6.92 Å². The SMILES string of the molecule is Cc1cccc2c3ccccc3[s+]([O-])c12. The van der Waals surface area contributed by atoms with Crippen LogP contribution in [-0.4, -0.2) is 4.55 Å². The van der Waals surface area contributed by atoms with E-state index in [4.69, 9.17) is 0 Å². The minimum atomic E-state index is -0.984. The maximum atomic E-state index is 12.2. The van der Waals surface area contributed by atoms with E-state index in [1.54, 1.807) is 0 Å². The number of fused-ring (bicyclic) bond motifs is 3. The predicted molar refractivity (Wildman–Crippen MR) is 64.8 cm³/mol. The van der Waals surface area contributed by atoms with Gasteiger partial charge in [-0.1, -0.05) is 24.3 Å². The van der Waals surface area contributed by atoms with Crippen LogP contribution in [0.3, 0.4) is 0 Å². The van der Waals surface area contributed by atoms with Gasteiger partial charge in [0.2, 0.25) is 0 Å². The summed E-state index contributed by atoms with van der Waals surface area (Å²) in [4.78, 5) is 0. The molecule has 1 aromatic heterocycles. The molecule has 0 bridgehead atoms. The molecule has 0 amide bonds. The van der Waals surface area contributed by atoms with E-state index in [2.05, 4.69) is 0 Å². The molecule has 0 aliphatic carbocycles. The summed E-state index contributed by atoms with van der Waals surface area (Å²) in [5.74, 6) is 0. The van der Waals surface area contributed by atoms with Gasteiger partial charge in [0.25, 0.3) is 0 Å². The molecule has 1 unspecified atom stereocenters. The van der Waals surface area contributed by atoms with Gasteiger partial charge in [-0.3, -0.25) is 0 Å². The lowest BCUT2D eigenvalue weighted by atomic mass is 10.1. The molecule has 0 aliphatic rings. The van der Waals surface area contributed by atoms with Crippen molar-refractivity contribution in [3.05, 3.63) is 48.0 Å². The van der Waals surface area contributed by atoms with E-state index in [0.29, 0.717) is 0 Å². The maximum Gasteiger partial charge on any atom is 0.183 e. The molecule has 2 aromatic carbocycles. The third-order valence-electron chi connectivity index (χ3n) is 2.77. The summed E-state index contributed by atoms with van der Waals surface area (Å²) in [6.45, 7) is 2.02. The molecule has 0 radical (unpaired) electrons. The topological polar surface area (TPSA) is 23.1 Å². The van der Waals surface area contributed by atoms with E-state index in [1.165, 1.54) is 0 Å². The smallest absolute Gasteiger partial charge is 0.183 e. The molecule has 0 aliphatic heterocycles. The minimum Gasteiger partial charge on any atom is -0.590 e. The Kier molecular flexibility index (Phi) is 1.81. The normalized spacial score (nSPS) is 12.5. The number of aryl methyl sites for hydroxylation is 1. The second kappa shape index (κ2) is 3.05. The first kappa shape index (κ1) is 8.89. The largest absolute Gasteiger partial charge is 0.590 e. The molecular formula is C13H10OS. The second-order valence-electron chi connectivity index (χ2n) is 3.72. The Morgan fingerprint density at radius 3 is 2.53 bits per heavy atom. The third kappa shape index (κ3) is 1.12. The van der Waals surface area contributed by atoms with Crippen LogP contribution < -0.4 is 0 Å². The van der Waals surface area contributed by atoms with Crippen LogP contribution in [0.1, 0.15) is 5.56 Å². The molecule has 0 saturated heterocycles. The standard InChI is InChI=1S/C13H10OS/c1-9-5-4-7-11-10-6-2-3-8-12(10)15(14)13(9)11/h2-8H,1H3. The van der Waals surface area contributed by atoms with Gasteiger partial charge in [-0.05, 0) is 35.9 Å². The summed E-state index contributed by atoms with van der Waals surface area (Å²) in [5.41, 5.74) is 1.11. The molecule has 74 valence electrons. The monoisotopic (exact) mass is 214 g/mol. The number of thiophene rings is 1. The van der Waals surface area contributed by atoms with E-state index in [-0.39, 0.29) is 0 Å². The van der Waals surface area contributed by atoms with Crippen LogP contribution >= 0.6 is 10.8 Å². The van der Waals surface area contributed by atoms with Gasteiger partial charge in [-0.15, -0.1) is 0 Å². The molecule has 1 heterocycles. The lowest BCUT2D eigenvalue weighted by Gasteiger charge is -1.94. The van der Waals surface area contributed by atoms with Crippen LogP contribution in [0.15, 0.2) is 42.5 Å². The average Bonchev–Trinajstić information content (AvgIpc) is 2.55. The van der Waals surface area contributed by atoms with Gasteiger partial charge >= 0.3 is 0 Å². The second-order valence-corrected chi connectivity index (χ2v) is 5.10. The van der Waals surface area contributed by atoms with Gasteiger partial charge in [0, 0.05) is 16.3 Å². The Bertz CT molecular complexity index is 652. The van der Waals surface area contributed by atoms with Gasteiger partial charge in [-0.25, -0.2) is 0 Å². The molecule has 1 atom stereocenters. The number of rotatable bonds is 0. The summed E-state index contributed by atoms with van der Waals surface area (Å²) in [6, 6.07) is 14.0. The molecule has 0 N–H and O–H groups in total. The zero-order valence-electron chi connectivity index (χ0n) is 8.36. The van der Waals surface area contributed by atoms with E-state index in [9.17, 15) is 4.55 Å². The molecule has 0 fully saturated rings. The van der Waals surface area contributed by atoms with Crippen LogP contribution in [0.25, 0.3) is 20.2 Å². The van der Waals surface area contributed by atoms with E-state index < -0.39 is 10.8 Å². The Hall–Kier alpha value is -1.38. The Morgan fingerprint density at radius 2 is 1.67 bits per heavy atom. The Morgan fingerprint density at radius 1 is 0.933 bits per heavy atom. The first-order valence-electron chi connectivity index (χ1n) is 4.90.